The quantitative estimate of drug-likeness (QED) is 0.173. The van der Waals surface area contributed by atoms with E-state index in [0.717, 1.165) is 49.8 Å². The zero-order valence-electron chi connectivity index (χ0n) is 28.5. The second-order valence-corrected chi connectivity index (χ2v) is 16.2. The average Bonchev–Trinajstić information content (AvgIpc) is 3.56. The summed E-state index contributed by atoms with van der Waals surface area (Å²) in [5, 5.41) is 14.9. The number of allylic oxidation sites excluding steroid dienone is 1. The van der Waals surface area contributed by atoms with Crippen LogP contribution in [0, 0.1) is 21.4 Å². The molecule has 0 bridgehead atoms. The second-order valence-electron chi connectivity index (χ2n) is 14.5. The standard InChI is InChI=1S/C38H45N5O6S/c1-26(2)32-6-3-4-7-33(32)35-8-5-17-42(35)30-21-38(22-30)24-41(25-38)29-11-9-28(10-12-29)37(44)40-50(47,48)31-13-14-34(36(20-31)43(45)46)39-23-27-15-18-49-19-16-27/h3-4,6-7,9-14,20,27,30,35,39H,1,5,8,15-19,21-25H2,2H3,(H,40,44)/t35-/m0/s1. The van der Waals surface area contributed by atoms with Crippen LogP contribution in [0.3, 0.4) is 0 Å². The largest absolute Gasteiger partial charge is 0.381 e. The molecule has 0 aromatic heterocycles. The van der Waals surface area contributed by atoms with Gasteiger partial charge >= 0.3 is 0 Å². The number of nitro benzene ring substituents is 1. The Morgan fingerprint density at radius 2 is 1.76 bits per heavy atom. The SMILES string of the molecule is C=C(C)c1ccccc1[C@@H]1CCCN1C1CC2(C1)CN(c1ccc(C(=O)NS(=O)(=O)c3ccc(NCC4CCOCC4)c([N+](=O)[O-])c3)cc1)C2. The molecule has 3 heterocycles. The summed E-state index contributed by atoms with van der Waals surface area (Å²) in [5.74, 6) is -0.481. The van der Waals surface area contributed by atoms with Crippen molar-refractivity contribution in [2.75, 3.05) is 49.6 Å². The van der Waals surface area contributed by atoms with E-state index in [9.17, 15) is 23.3 Å². The van der Waals surface area contributed by atoms with E-state index in [4.69, 9.17) is 4.74 Å². The minimum atomic E-state index is -4.35. The van der Waals surface area contributed by atoms with Gasteiger partial charge in [0, 0.05) is 67.7 Å². The van der Waals surface area contributed by atoms with Crippen LogP contribution in [0.5, 0.6) is 0 Å². The van der Waals surface area contributed by atoms with Crippen molar-refractivity contribution in [3.63, 3.8) is 0 Å². The highest BCUT2D eigenvalue weighted by molar-refractivity contribution is 7.90. The number of hydrogen-bond donors (Lipinski definition) is 2. The highest BCUT2D eigenvalue weighted by atomic mass is 32.2. The van der Waals surface area contributed by atoms with Crippen molar-refractivity contribution >= 4 is 38.6 Å². The monoisotopic (exact) mass is 699 g/mol. The molecule has 1 amide bonds. The van der Waals surface area contributed by atoms with Gasteiger partial charge in [0.1, 0.15) is 5.69 Å². The van der Waals surface area contributed by atoms with E-state index in [-0.39, 0.29) is 21.8 Å². The highest BCUT2D eigenvalue weighted by Gasteiger charge is 2.55. The Labute approximate surface area is 293 Å². The van der Waals surface area contributed by atoms with Crippen LogP contribution in [0.1, 0.15) is 73.0 Å². The summed E-state index contributed by atoms with van der Waals surface area (Å²) >= 11 is 0. The maximum absolute atomic E-state index is 13.1. The fraction of sp³-hybridized carbons (Fsp3) is 0.447. The van der Waals surface area contributed by atoms with Gasteiger partial charge in [-0.15, -0.1) is 0 Å². The fourth-order valence-corrected chi connectivity index (χ4v) is 9.36. The number of hydrogen-bond acceptors (Lipinski definition) is 9. The smallest absolute Gasteiger partial charge is 0.293 e. The normalized spacial score (nSPS) is 21.0. The van der Waals surface area contributed by atoms with Crippen molar-refractivity contribution in [1.82, 2.24) is 9.62 Å². The average molecular weight is 700 g/mol. The van der Waals surface area contributed by atoms with Crippen molar-refractivity contribution in [2.45, 2.75) is 62.4 Å². The molecule has 1 saturated carbocycles. The number of nitrogens with zero attached hydrogens (tertiary/aromatic N) is 3. The molecule has 50 heavy (non-hydrogen) atoms. The molecule has 3 aliphatic heterocycles. The topological polar surface area (TPSA) is 134 Å². The van der Waals surface area contributed by atoms with Gasteiger partial charge < -0.3 is 15.0 Å². The number of amides is 1. The van der Waals surface area contributed by atoms with Gasteiger partial charge in [0.25, 0.3) is 21.6 Å². The molecule has 2 N–H and O–H groups in total. The van der Waals surface area contributed by atoms with Crippen LogP contribution in [-0.2, 0) is 14.8 Å². The van der Waals surface area contributed by atoms with E-state index in [2.05, 4.69) is 57.6 Å². The van der Waals surface area contributed by atoms with Gasteiger partial charge in [-0.3, -0.25) is 19.8 Å². The van der Waals surface area contributed by atoms with Crippen LogP contribution >= 0.6 is 0 Å². The first-order valence-corrected chi connectivity index (χ1v) is 19.0. The number of ether oxygens (including phenoxy) is 1. The number of sulfonamides is 1. The fourth-order valence-electron chi connectivity index (χ4n) is 8.36. The minimum Gasteiger partial charge on any atom is -0.381 e. The summed E-state index contributed by atoms with van der Waals surface area (Å²) in [4.78, 5) is 28.9. The van der Waals surface area contributed by atoms with Gasteiger partial charge in [0.15, 0.2) is 0 Å². The van der Waals surface area contributed by atoms with Crippen molar-refractivity contribution in [2.24, 2.45) is 11.3 Å². The summed E-state index contributed by atoms with van der Waals surface area (Å²) in [6.45, 7) is 11.2. The van der Waals surface area contributed by atoms with E-state index in [1.54, 1.807) is 12.1 Å². The zero-order chi connectivity index (χ0) is 35.0. The highest BCUT2D eigenvalue weighted by Crippen LogP contribution is 2.54. The van der Waals surface area contributed by atoms with E-state index < -0.39 is 20.9 Å². The third-order valence-corrected chi connectivity index (χ3v) is 12.4. The van der Waals surface area contributed by atoms with Crippen LogP contribution in [0.15, 0.2) is 78.2 Å². The Hall–Kier alpha value is -4.26. The molecule has 1 spiro atoms. The number of benzene rings is 3. The van der Waals surface area contributed by atoms with Crippen LogP contribution in [0.4, 0.5) is 17.1 Å². The first-order chi connectivity index (χ1) is 24.0. The third-order valence-electron chi connectivity index (χ3n) is 11.1. The molecule has 12 heteroatoms. The molecule has 7 rings (SSSR count). The summed E-state index contributed by atoms with van der Waals surface area (Å²) in [5.41, 5.74) is 5.15. The van der Waals surface area contributed by atoms with E-state index in [1.807, 2.05) is 12.1 Å². The molecule has 3 saturated heterocycles. The van der Waals surface area contributed by atoms with Crippen LogP contribution < -0.4 is 14.9 Å². The van der Waals surface area contributed by atoms with Crippen LogP contribution in [-0.4, -0.2) is 69.6 Å². The molecule has 0 unspecified atom stereocenters. The molecule has 11 nitrogen and oxygen atoms in total. The number of rotatable bonds is 11. The lowest BCUT2D eigenvalue weighted by Crippen LogP contribution is -2.66. The molecule has 264 valence electrons. The van der Waals surface area contributed by atoms with Gasteiger partial charge in [-0.2, -0.15) is 0 Å². The molecular weight excluding hydrogens is 655 g/mol. The lowest BCUT2D eigenvalue weighted by Gasteiger charge is -2.62. The van der Waals surface area contributed by atoms with E-state index in [1.165, 1.54) is 48.9 Å². The van der Waals surface area contributed by atoms with Crippen molar-refractivity contribution < 1.29 is 22.9 Å². The van der Waals surface area contributed by atoms with Crippen molar-refractivity contribution in [3.8, 4) is 0 Å². The Bertz CT molecular complexity index is 1880. The molecule has 4 fully saturated rings. The number of likely N-dealkylation sites (tertiary alicyclic amines) is 1. The van der Waals surface area contributed by atoms with Gasteiger partial charge in [-0.25, -0.2) is 13.1 Å². The van der Waals surface area contributed by atoms with E-state index in [0.29, 0.717) is 43.2 Å². The van der Waals surface area contributed by atoms with Crippen molar-refractivity contribution in [1.29, 1.82) is 0 Å². The summed E-state index contributed by atoms with van der Waals surface area (Å²) in [6.07, 6.45) is 6.46. The van der Waals surface area contributed by atoms with Crippen LogP contribution in [0.25, 0.3) is 5.57 Å². The maximum Gasteiger partial charge on any atom is 0.293 e. The zero-order valence-corrected chi connectivity index (χ0v) is 29.3. The first-order valence-electron chi connectivity index (χ1n) is 17.5. The predicted octanol–water partition coefficient (Wildman–Crippen LogP) is 6.39. The van der Waals surface area contributed by atoms with Gasteiger partial charge in [-0.1, -0.05) is 36.4 Å². The number of nitro groups is 1. The number of nitrogens with one attached hydrogen (secondary N) is 2. The maximum atomic E-state index is 13.1. The predicted molar refractivity (Wildman–Crippen MR) is 194 cm³/mol. The Balaban J connectivity index is 0.930. The molecule has 1 atom stereocenters. The first kappa shape index (κ1) is 34.2. The number of carbonyl (C=O) groups excluding carboxylic acids is 1. The summed E-state index contributed by atoms with van der Waals surface area (Å²) in [6, 6.07) is 20.3. The van der Waals surface area contributed by atoms with Gasteiger partial charge in [0.2, 0.25) is 0 Å². The molecule has 4 aliphatic rings. The minimum absolute atomic E-state index is 0.190. The van der Waals surface area contributed by atoms with Gasteiger partial charge in [-0.05, 0) is 105 Å². The third kappa shape index (κ3) is 6.88. The summed E-state index contributed by atoms with van der Waals surface area (Å²) < 4.78 is 33.7. The molecule has 3 aromatic rings. The Morgan fingerprint density at radius 1 is 1.04 bits per heavy atom. The van der Waals surface area contributed by atoms with Crippen LogP contribution in [0.2, 0.25) is 0 Å². The van der Waals surface area contributed by atoms with Gasteiger partial charge in [0.05, 0.1) is 9.82 Å². The Morgan fingerprint density at radius 3 is 2.46 bits per heavy atom. The lowest BCUT2D eigenvalue weighted by molar-refractivity contribution is -0.384. The molecule has 3 aromatic carbocycles. The second kappa shape index (κ2) is 13.8. The lowest BCUT2D eigenvalue weighted by atomic mass is 9.60. The van der Waals surface area contributed by atoms with Crippen molar-refractivity contribution in [3.05, 3.63) is 100 Å². The van der Waals surface area contributed by atoms with E-state index >= 15 is 0 Å². The Kier molecular flexibility index (Phi) is 9.44. The number of carbonyl (C=O) groups is 1. The molecule has 0 radical (unpaired) electrons. The number of anilines is 2. The molecule has 1 aliphatic carbocycles. The summed E-state index contributed by atoms with van der Waals surface area (Å²) in [7, 11) is -4.35. The molecular formula is C38H45N5O6S.